The molecule has 0 amide bonds. The second kappa shape index (κ2) is 23.1. The average molecular weight is 1440 g/mol. The summed E-state index contributed by atoms with van der Waals surface area (Å²) in [5.41, 5.74) is 32.0. The van der Waals surface area contributed by atoms with Crippen LogP contribution in [0.25, 0.3) is 160 Å². The first-order valence-electron chi connectivity index (χ1n) is 38.4. The molecule has 2 aliphatic carbocycles. The van der Waals surface area contributed by atoms with Crippen LogP contribution < -0.4 is 0 Å². The topological polar surface area (TPSA) is 14.8 Å². The molecule has 21 aromatic rings. The van der Waals surface area contributed by atoms with Gasteiger partial charge in [-0.1, -0.05) is 309 Å². The molecular weight excluding hydrogens is 1380 g/mol. The van der Waals surface area contributed by atoms with Gasteiger partial charge in [0.15, 0.2) is 0 Å². The lowest BCUT2D eigenvalue weighted by atomic mass is 9.67. The van der Waals surface area contributed by atoms with Gasteiger partial charge in [-0.2, -0.15) is 0 Å². The molecule has 0 saturated carbocycles. The van der Waals surface area contributed by atoms with E-state index in [1.54, 1.807) is 0 Å². The van der Waals surface area contributed by atoms with Crippen LogP contribution in [0.4, 0.5) is 0 Å². The van der Waals surface area contributed by atoms with E-state index in [0.29, 0.717) is 0 Å². The summed E-state index contributed by atoms with van der Waals surface area (Å²) in [6, 6.07) is 146. The largest absolute Gasteiger partial charge is 0.309 e. The first kappa shape index (κ1) is 61.6. The van der Waals surface area contributed by atoms with Gasteiger partial charge in [-0.25, -0.2) is 0 Å². The van der Waals surface area contributed by atoms with Crippen molar-refractivity contribution in [1.29, 1.82) is 0 Å². The minimum atomic E-state index is -0.590. The Morgan fingerprint density at radius 3 is 1.23 bits per heavy atom. The summed E-state index contributed by atoms with van der Waals surface area (Å²) in [5.74, 6) is 0. The highest BCUT2D eigenvalue weighted by Crippen LogP contribution is 2.65. The molecule has 0 unspecified atom stereocenters. The SMILES string of the molecule is c1ccc(-c2cc(-c3ccccc3)cc(-n3c4cc5c(cc4c4c(-c6cccc(-n7c8ccccc8c8cc(-n9c%10cc%11c(cc%10c%10ccc%12ccccc%12c%109)Sc9ccccc9C%119c%10ccccc%10-c%10ccccc%109)ccc87)c6)cc6ccccc6c43)Sc3ccccc3C53c4ccccc4-c4ccccc43)c2)cc1. The van der Waals surface area contributed by atoms with E-state index in [9.17, 15) is 0 Å². The van der Waals surface area contributed by atoms with Crippen LogP contribution in [0.5, 0.6) is 0 Å². The summed E-state index contributed by atoms with van der Waals surface area (Å²) in [6.45, 7) is 0. The minimum absolute atomic E-state index is 0.532. The number of fused-ring (bicyclic) bond motifs is 31. The summed E-state index contributed by atoms with van der Waals surface area (Å²) in [5, 5.41) is 12.1. The Morgan fingerprint density at radius 2 is 0.631 bits per heavy atom. The van der Waals surface area contributed by atoms with Crippen LogP contribution >= 0.6 is 23.5 Å². The third kappa shape index (κ3) is 8.35. The van der Waals surface area contributed by atoms with Gasteiger partial charge >= 0.3 is 0 Å². The Morgan fingerprint density at radius 1 is 0.189 bits per heavy atom. The van der Waals surface area contributed by atoms with E-state index < -0.39 is 10.8 Å². The lowest BCUT2D eigenvalue weighted by Crippen LogP contribution is -2.32. The monoisotopic (exact) mass is 1440 g/mol. The van der Waals surface area contributed by atoms with E-state index in [1.807, 2.05) is 23.5 Å². The van der Waals surface area contributed by atoms with E-state index in [1.165, 1.54) is 173 Å². The smallest absolute Gasteiger partial charge is 0.0736 e. The fourth-order valence-corrected chi connectivity index (χ4v) is 23.1. The van der Waals surface area contributed by atoms with Gasteiger partial charge in [0.25, 0.3) is 0 Å². The van der Waals surface area contributed by atoms with Crippen molar-refractivity contribution in [3.8, 4) is 72.7 Å². The molecule has 3 aromatic heterocycles. The maximum Gasteiger partial charge on any atom is 0.0736 e. The highest BCUT2D eigenvalue weighted by Gasteiger charge is 2.52. The van der Waals surface area contributed by atoms with Crippen molar-refractivity contribution in [2.45, 2.75) is 30.4 Å². The van der Waals surface area contributed by atoms with Crippen molar-refractivity contribution < 1.29 is 0 Å². The standard InChI is InChI=1S/C106H63N3S2/c1-3-26-64(27-4-1)69-54-70(65-28-5-2-6-29-65)57-73(56-69)109-97-63-93-101(111-99-49-24-21-46-91(99)106(93)88-43-18-13-38-78(88)79-39-14-19-44-89(79)106)61-85(97)102-82(58-68-31-8-10-35-75(68)104(102)109)67-32-25-33-71(55-67)107-94-47-22-15-40-80(94)83-59-72(51-53-95(83)107)108-96-62-92-100(60-84(96)81-52-50-66-30-7-9-34-74(66)103(81)108)110-98-48-23-20-45-90(98)105(92)86-41-16-11-36-76(86)77-37-12-17-42-87(77)105/h1-63H. The number of nitrogens with zero attached hydrogens (tertiary/aromatic N) is 3. The number of hydrogen-bond acceptors (Lipinski definition) is 2. The third-order valence-electron chi connectivity index (χ3n) is 25.1. The molecule has 5 heteroatoms. The second-order valence-electron chi connectivity index (χ2n) is 30.4. The number of para-hydroxylation sites is 1. The van der Waals surface area contributed by atoms with Crippen LogP contribution in [0, 0.1) is 0 Å². The zero-order chi connectivity index (χ0) is 72.4. The van der Waals surface area contributed by atoms with Crippen molar-refractivity contribution in [2.75, 3.05) is 0 Å². The maximum atomic E-state index is 2.65. The van der Waals surface area contributed by atoms with Gasteiger partial charge in [0.2, 0.25) is 0 Å². The van der Waals surface area contributed by atoms with Crippen LogP contribution in [0.3, 0.4) is 0 Å². The van der Waals surface area contributed by atoms with Gasteiger partial charge in [0.05, 0.1) is 43.9 Å². The van der Waals surface area contributed by atoms with Crippen LogP contribution in [-0.4, -0.2) is 13.7 Å². The number of hydrogen-bond donors (Lipinski definition) is 0. The zero-order valence-electron chi connectivity index (χ0n) is 60.0. The Labute approximate surface area is 649 Å². The highest BCUT2D eigenvalue weighted by molar-refractivity contribution is 7.99. The first-order chi connectivity index (χ1) is 55.0. The molecule has 0 N–H and O–H groups in total. The Bertz CT molecular complexity index is 7510. The van der Waals surface area contributed by atoms with Crippen molar-refractivity contribution >= 4 is 110 Å². The molecule has 0 bridgehead atoms. The molecule has 111 heavy (non-hydrogen) atoms. The third-order valence-corrected chi connectivity index (χ3v) is 27.3. The quantitative estimate of drug-likeness (QED) is 0.165. The minimum Gasteiger partial charge on any atom is -0.309 e. The van der Waals surface area contributed by atoms with Crippen molar-refractivity contribution in [1.82, 2.24) is 13.7 Å². The van der Waals surface area contributed by atoms with Crippen LogP contribution in [0.15, 0.2) is 402 Å². The fraction of sp³-hybridized carbons (Fsp3) is 0.0189. The Balaban J connectivity index is 0.734. The normalized spacial score (nSPS) is 13.8. The summed E-state index contributed by atoms with van der Waals surface area (Å²) < 4.78 is 7.77. The molecule has 0 fully saturated rings. The van der Waals surface area contributed by atoms with E-state index in [-0.39, 0.29) is 0 Å². The molecule has 2 spiro atoms. The summed E-state index contributed by atoms with van der Waals surface area (Å²) in [7, 11) is 0. The van der Waals surface area contributed by atoms with Gasteiger partial charge in [-0.05, 0) is 208 Å². The van der Waals surface area contributed by atoms with Gasteiger partial charge < -0.3 is 13.7 Å². The first-order valence-corrected chi connectivity index (χ1v) is 40.1. The van der Waals surface area contributed by atoms with Gasteiger partial charge in [0, 0.05) is 79.7 Å². The molecule has 3 nitrogen and oxygen atoms in total. The molecule has 4 aliphatic rings. The highest BCUT2D eigenvalue weighted by atomic mass is 32.2. The van der Waals surface area contributed by atoms with Crippen LogP contribution in [0.1, 0.15) is 44.5 Å². The fourth-order valence-electron chi connectivity index (χ4n) is 20.6. The molecular formula is C106H63N3S2. The Kier molecular flexibility index (Phi) is 12.8. The molecule has 0 atom stereocenters. The van der Waals surface area contributed by atoms with E-state index >= 15 is 0 Å². The van der Waals surface area contributed by atoms with E-state index in [2.05, 4.69) is 396 Å². The predicted octanol–water partition coefficient (Wildman–Crippen LogP) is 27.9. The Hall–Kier alpha value is -13.4. The molecule has 0 radical (unpaired) electrons. The van der Waals surface area contributed by atoms with Crippen molar-refractivity contribution in [3.63, 3.8) is 0 Å². The summed E-state index contributed by atoms with van der Waals surface area (Å²) in [4.78, 5) is 5.14. The molecule has 2 aliphatic heterocycles. The summed E-state index contributed by atoms with van der Waals surface area (Å²) in [6.07, 6.45) is 0. The number of rotatable bonds is 6. The molecule has 514 valence electrons. The molecule has 0 saturated heterocycles. The summed E-state index contributed by atoms with van der Waals surface area (Å²) >= 11 is 3.83. The molecule has 18 aromatic carbocycles. The van der Waals surface area contributed by atoms with Crippen molar-refractivity contribution in [2.24, 2.45) is 0 Å². The number of aromatic nitrogens is 3. The predicted molar refractivity (Wildman–Crippen MR) is 464 cm³/mol. The number of benzene rings is 18. The van der Waals surface area contributed by atoms with E-state index in [4.69, 9.17) is 0 Å². The van der Waals surface area contributed by atoms with Gasteiger partial charge in [-0.3, -0.25) is 0 Å². The lowest BCUT2D eigenvalue weighted by molar-refractivity contribution is 0.724. The van der Waals surface area contributed by atoms with E-state index in [0.717, 1.165) is 50.3 Å². The van der Waals surface area contributed by atoms with Crippen molar-refractivity contribution in [3.05, 3.63) is 427 Å². The molecule has 5 heterocycles. The van der Waals surface area contributed by atoms with Crippen LogP contribution in [-0.2, 0) is 10.8 Å². The molecule has 25 rings (SSSR count). The average Bonchev–Trinajstić information content (AvgIpc) is 1.53. The zero-order valence-corrected chi connectivity index (χ0v) is 61.7. The van der Waals surface area contributed by atoms with Crippen LogP contribution in [0.2, 0.25) is 0 Å². The van der Waals surface area contributed by atoms with Gasteiger partial charge in [0.1, 0.15) is 0 Å². The maximum absolute atomic E-state index is 2.65. The second-order valence-corrected chi connectivity index (χ2v) is 32.6. The van der Waals surface area contributed by atoms with Gasteiger partial charge in [-0.15, -0.1) is 0 Å². The lowest BCUT2D eigenvalue weighted by Gasteiger charge is -2.39.